The molecule has 3 atom stereocenters. The molecule has 0 aromatic carbocycles. The maximum atomic E-state index is 11.5. The van der Waals surface area contributed by atoms with Crippen LogP contribution in [-0.2, 0) is 19.0 Å². The molecule has 0 aromatic rings. The van der Waals surface area contributed by atoms with E-state index in [9.17, 15) is 9.90 Å². The minimum absolute atomic E-state index is 0.310. The number of hydrogen-bond acceptors (Lipinski definition) is 5. The maximum absolute atomic E-state index is 11.5. The summed E-state index contributed by atoms with van der Waals surface area (Å²) >= 11 is 0. The van der Waals surface area contributed by atoms with Gasteiger partial charge in [0.1, 0.15) is 6.10 Å². The van der Waals surface area contributed by atoms with Crippen LogP contribution in [0.2, 0.25) is 0 Å². The third kappa shape index (κ3) is 2.15. The van der Waals surface area contributed by atoms with Crippen molar-refractivity contribution in [2.75, 3.05) is 13.2 Å². The van der Waals surface area contributed by atoms with Crippen molar-refractivity contribution < 1.29 is 24.1 Å². The average molecular weight is 256 g/mol. The third-order valence-electron chi connectivity index (χ3n) is 4.26. The van der Waals surface area contributed by atoms with Crippen LogP contribution in [0.5, 0.6) is 0 Å². The van der Waals surface area contributed by atoms with Crippen molar-refractivity contribution in [1.82, 2.24) is 0 Å². The molecule has 2 unspecified atom stereocenters. The predicted molar refractivity (Wildman–Crippen MR) is 61.7 cm³/mol. The first kappa shape index (κ1) is 12.4. The molecule has 2 heterocycles. The van der Waals surface area contributed by atoms with E-state index in [0.717, 1.165) is 25.7 Å². The van der Waals surface area contributed by atoms with Gasteiger partial charge in [0, 0.05) is 12.8 Å². The first-order chi connectivity index (χ1) is 8.70. The predicted octanol–water partition coefficient (Wildman–Crippen LogP) is 0.986. The topological polar surface area (TPSA) is 65.0 Å². The van der Waals surface area contributed by atoms with Gasteiger partial charge < -0.3 is 19.3 Å². The van der Waals surface area contributed by atoms with Gasteiger partial charge in [0.15, 0.2) is 5.79 Å². The molecule has 18 heavy (non-hydrogen) atoms. The number of carbonyl (C=O) groups excluding carboxylic acids is 1. The van der Waals surface area contributed by atoms with Crippen molar-refractivity contribution in [1.29, 1.82) is 0 Å². The van der Waals surface area contributed by atoms with E-state index in [1.54, 1.807) is 0 Å². The van der Waals surface area contributed by atoms with Crippen molar-refractivity contribution in [3.05, 3.63) is 0 Å². The summed E-state index contributed by atoms with van der Waals surface area (Å²) < 4.78 is 16.6. The molecule has 3 aliphatic rings. The zero-order chi connectivity index (χ0) is 12.6. The zero-order valence-electron chi connectivity index (χ0n) is 10.5. The Bertz CT molecular complexity index is 323. The minimum atomic E-state index is -0.804. The molecule has 102 valence electrons. The number of hydrogen-bond donors (Lipinski definition) is 1. The highest BCUT2D eigenvalue weighted by Crippen LogP contribution is 2.39. The van der Waals surface area contributed by atoms with Crippen LogP contribution >= 0.6 is 0 Å². The van der Waals surface area contributed by atoms with Crippen LogP contribution < -0.4 is 0 Å². The first-order valence-electron chi connectivity index (χ1n) is 6.87. The Hall–Kier alpha value is -0.650. The van der Waals surface area contributed by atoms with Crippen LogP contribution in [-0.4, -0.2) is 42.3 Å². The molecule has 0 radical (unpaired) electrons. The summed E-state index contributed by atoms with van der Waals surface area (Å²) in [5.41, 5.74) is 0. The minimum Gasteiger partial charge on any atom is -0.465 e. The van der Waals surface area contributed by atoms with E-state index in [0.29, 0.717) is 19.6 Å². The van der Waals surface area contributed by atoms with Gasteiger partial charge in [-0.25, -0.2) is 0 Å². The smallest absolute Gasteiger partial charge is 0.311 e. The highest BCUT2D eigenvalue weighted by molar-refractivity contribution is 5.74. The summed E-state index contributed by atoms with van der Waals surface area (Å²) in [6.45, 7) is 0.782. The van der Waals surface area contributed by atoms with Gasteiger partial charge in [-0.05, 0) is 19.3 Å². The fourth-order valence-electron chi connectivity index (χ4n) is 3.18. The molecular weight excluding hydrogens is 236 g/mol. The Balaban J connectivity index is 1.62. The highest BCUT2D eigenvalue weighted by atomic mass is 16.7. The van der Waals surface area contributed by atoms with Crippen LogP contribution in [0.3, 0.4) is 0 Å². The lowest BCUT2D eigenvalue weighted by Crippen LogP contribution is -2.40. The summed E-state index contributed by atoms with van der Waals surface area (Å²) in [5, 5.41) is 10.2. The molecule has 2 aliphatic heterocycles. The van der Waals surface area contributed by atoms with Crippen LogP contribution in [0, 0.1) is 5.92 Å². The Morgan fingerprint density at radius 1 is 1.28 bits per heavy atom. The molecule has 1 aliphatic carbocycles. The number of carbonyl (C=O) groups is 1. The van der Waals surface area contributed by atoms with Crippen molar-refractivity contribution in [2.45, 2.75) is 56.5 Å². The van der Waals surface area contributed by atoms with E-state index < -0.39 is 23.9 Å². The molecule has 3 fully saturated rings. The summed E-state index contributed by atoms with van der Waals surface area (Å²) in [6.07, 6.45) is 4.60. The molecule has 5 heteroatoms. The summed E-state index contributed by atoms with van der Waals surface area (Å²) in [4.78, 5) is 11.5. The van der Waals surface area contributed by atoms with Gasteiger partial charge in [-0.2, -0.15) is 0 Å². The second-order valence-electron chi connectivity index (χ2n) is 5.49. The number of rotatable bonds is 2. The second kappa shape index (κ2) is 4.79. The number of aliphatic hydroxyl groups is 1. The lowest BCUT2D eigenvalue weighted by Gasteiger charge is -2.32. The Labute approximate surface area is 106 Å². The summed E-state index contributed by atoms with van der Waals surface area (Å²) in [6, 6.07) is 0. The molecule has 2 saturated heterocycles. The van der Waals surface area contributed by atoms with Gasteiger partial charge in [-0.15, -0.1) is 0 Å². The van der Waals surface area contributed by atoms with E-state index in [1.807, 2.05) is 0 Å². The maximum Gasteiger partial charge on any atom is 0.311 e. The van der Waals surface area contributed by atoms with E-state index in [1.165, 1.54) is 6.42 Å². The standard InChI is InChI=1S/C13H20O5/c14-11(9-4-7-16-12(9)15)10-8-17-13(18-10)5-2-1-3-6-13/h9-11,14H,1-8H2/t9?,10-,11?/m1/s1. The summed E-state index contributed by atoms with van der Waals surface area (Å²) in [5.74, 6) is -1.25. The molecule has 0 bridgehead atoms. The van der Waals surface area contributed by atoms with Gasteiger partial charge >= 0.3 is 5.97 Å². The molecule has 3 rings (SSSR count). The molecule has 0 amide bonds. The lowest BCUT2D eigenvalue weighted by molar-refractivity contribution is -0.198. The number of ether oxygens (including phenoxy) is 3. The lowest BCUT2D eigenvalue weighted by atomic mass is 9.94. The average Bonchev–Trinajstić information content (AvgIpc) is 2.97. The highest BCUT2D eigenvalue weighted by Gasteiger charge is 2.48. The first-order valence-corrected chi connectivity index (χ1v) is 6.87. The van der Waals surface area contributed by atoms with Crippen molar-refractivity contribution in [3.8, 4) is 0 Å². The van der Waals surface area contributed by atoms with E-state index in [2.05, 4.69) is 0 Å². The Kier molecular flexibility index (Phi) is 3.30. The largest absolute Gasteiger partial charge is 0.465 e. The Morgan fingerprint density at radius 2 is 2.06 bits per heavy atom. The van der Waals surface area contributed by atoms with Gasteiger partial charge in [0.25, 0.3) is 0 Å². The van der Waals surface area contributed by atoms with E-state index in [4.69, 9.17) is 14.2 Å². The monoisotopic (exact) mass is 256 g/mol. The summed E-state index contributed by atoms with van der Waals surface area (Å²) in [7, 11) is 0. The molecule has 1 N–H and O–H groups in total. The van der Waals surface area contributed by atoms with Crippen LogP contribution in [0.15, 0.2) is 0 Å². The van der Waals surface area contributed by atoms with E-state index >= 15 is 0 Å². The number of cyclic esters (lactones) is 1. The number of aliphatic hydroxyl groups excluding tert-OH is 1. The van der Waals surface area contributed by atoms with Crippen LogP contribution in [0.1, 0.15) is 38.5 Å². The third-order valence-corrected chi connectivity index (χ3v) is 4.26. The normalized spacial score (nSPS) is 36.8. The van der Waals surface area contributed by atoms with Crippen molar-refractivity contribution >= 4 is 5.97 Å². The number of esters is 1. The fraction of sp³-hybridized carbons (Fsp3) is 0.923. The quantitative estimate of drug-likeness (QED) is 0.746. The van der Waals surface area contributed by atoms with Crippen molar-refractivity contribution in [3.63, 3.8) is 0 Å². The van der Waals surface area contributed by atoms with Gasteiger partial charge in [0.2, 0.25) is 0 Å². The van der Waals surface area contributed by atoms with Crippen LogP contribution in [0.25, 0.3) is 0 Å². The second-order valence-corrected chi connectivity index (χ2v) is 5.49. The SMILES string of the molecule is O=C1OCCC1C(O)[C@H]1COC2(CCCCC2)O1. The zero-order valence-corrected chi connectivity index (χ0v) is 10.5. The van der Waals surface area contributed by atoms with Crippen LogP contribution in [0.4, 0.5) is 0 Å². The van der Waals surface area contributed by atoms with Crippen molar-refractivity contribution in [2.24, 2.45) is 5.92 Å². The molecular formula is C13H20O5. The fourth-order valence-corrected chi connectivity index (χ4v) is 3.18. The van der Waals surface area contributed by atoms with E-state index in [-0.39, 0.29) is 5.97 Å². The van der Waals surface area contributed by atoms with Gasteiger partial charge in [-0.3, -0.25) is 4.79 Å². The van der Waals surface area contributed by atoms with Gasteiger partial charge in [0.05, 0.1) is 25.2 Å². The molecule has 0 aromatic heterocycles. The molecule has 1 saturated carbocycles. The van der Waals surface area contributed by atoms with Gasteiger partial charge in [-0.1, -0.05) is 6.42 Å². The molecule has 5 nitrogen and oxygen atoms in total. The molecule has 1 spiro atoms. The Morgan fingerprint density at radius 3 is 2.72 bits per heavy atom.